The van der Waals surface area contributed by atoms with Crippen molar-refractivity contribution in [2.24, 2.45) is 0 Å². The van der Waals surface area contributed by atoms with Crippen LogP contribution in [0.5, 0.6) is 0 Å². The van der Waals surface area contributed by atoms with E-state index in [4.69, 9.17) is 12.2 Å². The van der Waals surface area contributed by atoms with Gasteiger partial charge in [0.1, 0.15) is 0 Å². The van der Waals surface area contributed by atoms with E-state index in [1.54, 1.807) is 10.8 Å². The quantitative estimate of drug-likeness (QED) is 0.169. The van der Waals surface area contributed by atoms with E-state index in [1.165, 1.54) is 24.3 Å². The lowest BCUT2D eigenvalue weighted by Gasteiger charge is -2.17. The summed E-state index contributed by atoms with van der Waals surface area (Å²) in [6.45, 7) is 5.90. The zero-order valence-corrected chi connectivity index (χ0v) is 17.7. The molecule has 0 saturated carbocycles. The van der Waals surface area contributed by atoms with Crippen LogP contribution in [-0.4, -0.2) is 9.91 Å². The van der Waals surface area contributed by atoms with Crippen molar-refractivity contribution in [2.75, 3.05) is 5.32 Å². The van der Waals surface area contributed by atoms with Gasteiger partial charge in [0.25, 0.3) is 5.69 Å². The Kier molecular flexibility index (Phi) is 6.23. The van der Waals surface area contributed by atoms with Crippen molar-refractivity contribution in [3.05, 3.63) is 99.4 Å². The average molecular weight is 420 g/mol. The summed E-state index contributed by atoms with van der Waals surface area (Å²) in [6.07, 6.45) is 3.56. The number of rotatable bonds is 5. The highest BCUT2D eigenvalue weighted by atomic mass is 32.1. The lowest BCUT2D eigenvalue weighted by molar-refractivity contribution is -0.578. The number of hydrogen-bond acceptors (Lipinski definition) is 4. The van der Waals surface area contributed by atoms with Crippen molar-refractivity contribution < 1.29 is 14.6 Å². The molecule has 0 atom stereocenters. The fourth-order valence-electron chi connectivity index (χ4n) is 3.18. The minimum absolute atomic E-state index is 0.0766. The number of nitrogens with one attached hydrogen (secondary N) is 1. The number of thiocarbonyl (C=S) groups is 1. The molecule has 0 aliphatic heterocycles. The molecule has 1 heterocycles. The van der Waals surface area contributed by atoms with Crippen LogP contribution in [0.25, 0.3) is 11.5 Å². The van der Waals surface area contributed by atoms with E-state index in [0.717, 1.165) is 22.4 Å². The molecule has 0 spiro atoms. The van der Waals surface area contributed by atoms with Gasteiger partial charge in [0, 0.05) is 29.4 Å². The minimum Gasteiger partial charge on any atom is -0.867 e. The second-order valence-electron chi connectivity index (χ2n) is 7.10. The number of nitrogens with zero attached hydrogens (tertiary/aromatic N) is 2. The molecule has 0 saturated heterocycles. The molecule has 3 aromatic rings. The molecular formula is C23H21N3O3S. The third-order valence-corrected chi connectivity index (χ3v) is 4.75. The maximum absolute atomic E-state index is 13.3. The lowest BCUT2D eigenvalue weighted by Crippen LogP contribution is -2.40. The molecule has 1 N–H and O–H groups in total. The summed E-state index contributed by atoms with van der Waals surface area (Å²) in [5.41, 5.74) is 4.40. The second kappa shape index (κ2) is 8.84. The van der Waals surface area contributed by atoms with Crippen LogP contribution in [0.15, 0.2) is 67.0 Å². The molecule has 0 unspecified atom stereocenters. The van der Waals surface area contributed by atoms with Gasteiger partial charge >= 0.3 is 0 Å². The van der Waals surface area contributed by atoms with Gasteiger partial charge in [-0.1, -0.05) is 18.3 Å². The molecule has 30 heavy (non-hydrogen) atoms. The van der Waals surface area contributed by atoms with Gasteiger partial charge in [-0.2, -0.15) is 4.57 Å². The predicted octanol–water partition coefficient (Wildman–Crippen LogP) is 3.93. The van der Waals surface area contributed by atoms with Crippen molar-refractivity contribution in [1.82, 2.24) is 0 Å². The maximum Gasteiger partial charge on any atom is 0.269 e. The van der Waals surface area contributed by atoms with Crippen LogP contribution in [0, 0.1) is 30.9 Å². The van der Waals surface area contributed by atoms with Gasteiger partial charge in [-0.05, 0) is 73.6 Å². The zero-order chi connectivity index (χ0) is 21.8. The molecule has 0 radical (unpaired) electrons. The fraction of sp³-hybridized carbons (Fsp3) is 0.130. The average Bonchev–Trinajstić information content (AvgIpc) is 2.67. The fourth-order valence-corrected chi connectivity index (χ4v) is 3.49. The highest BCUT2D eigenvalue weighted by molar-refractivity contribution is 7.81. The smallest absolute Gasteiger partial charge is 0.269 e. The van der Waals surface area contributed by atoms with Crippen LogP contribution >= 0.6 is 12.2 Å². The van der Waals surface area contributed by atoms with Gasteiger partial charge in [-0.25, -0.2) is 0 Å². The Bertz CT molecular complexity index is 1130. The van der Waals surface area contributed by atoms with E-state index in [1.807, 2.05) is 51.2 Å². The molecule has 0 fully saturated rings. The standard InChI is InChI=1S/C23H21N3O3S/c1-15-5-4-10-25(14-15)21(22(27)18-6-8-20(9-7-18)26(28)29)23(30)24-19-12-16(2)11-17(3)13-19/h4-14H,1-3H3,(H-,24,27,30). The minimum atomic E-state index is -0.500. The SMILES string of the molecule is Cc1cc(C)cc(NC(=S)C(=C([O-])c2ccc([N+](=O)[O-])cc2)[n+]2cccc(C)c2)c1. The Labute approximate surface area is 180 Å². The highest BCUT2D eigenvalue weighted by Crippen LogP contribution is 2.21. The number of nitro benzene ring substituents is 1. The topological polar surface area (TPSA) is 82.1 Å². The second-order valence-corrected chi connectivity index (χ2v) is 7.51. The monoisotopic (exact) mass is 419 g/mol. The van der Waals surface area contributed by atoms with E-state index in [-0.39, 0.29) is 22.1 Å². The zero-order valence-electron chi connectivity index (χ0n) is 16.9. The number of non-ortho nitro benzene ring substituents is 1. The first-order chi connectivity index (χ1) is 14.2. The van der Waals surface area contributed by atoms with E-state index in [0.29, 0.717) is 5.56 Å². The van der Waals surface area contributed by atoms with E-state index in [2.05, 4.69) is 11.4 Å². The van der Waals surface area contributed by atoms with Gasteiger partial charge in [0.15, 0.2) is 17.4 Å². The van der Waals surface area contributed by atoms with Crippen molar-refractivity contribution in [3.8, 4) is 0 Å². The summed E-state index contributed by atoms with van der Waals surface area (Å²) >= 11 is 5.61. The number of aromatic nitrogens is 1. The van der Waals surface area contributed by atoms with Gasteiger partial charge in [0.05, 0.1) is 4.92 Å². The van der Waals surface area contributed by atoms with Gasteiger partial charge in [0.2, 0.25) is 5.70 Å². The van der Waals surface area contributed by atoms with Gasteiger partial charge in [-0.15, -0.1) is 0 Å². The summed E-state index contributed by atoms with van der Waals surface area (Å²) in [5.74, 6) is -0.331. The van der Waals surface area contributed by atoms with Crippen LogP contribution in [0.2, 0.25) is 0 Å². The van der Waals surface area contributed by atoms with Gasteiger partial charge < -0.3 is 10.4 Å². The van der Waals surface area contributed by atoms with Crippen LogP contribution in [0.3, 0.4) is 0 Å². The highest BCUT2D eigenvalue weighted by Gasteiger charge is 2.20. The third kappa shape index (κ3) is 4.87. The van der Waals surface area contributed by atoms with Crippen LogP contribution in [0.1, 0.15) is 22.3 Å². The molecule has 152 valence electrons. The lowest BCUT2D eigenvalue weighted by atomic mass is 10.1. The van der Waals surface area contributed by atoms with Crippen LogP contribution in [0.4, 0.5) is 11.4 Å². The van der Waals surface area contributed by atoms with Crippen LogP contribution < -0.4 is 15.0 Å². The number of pyridine rings is 1. The first kappa shape index (κ1) is 21.1. The molecule has 3 rings (SSSR count). The number of benzene rings is 2. The first-order valence-corrected chi connectivity index (χ1v) is 9.69. The molecule has 2 aromatic carbocycles. The van der Waals surface area contributed by atoms with Crippen molar-refractivity contribution in [2.45, 2.75) is 20.8 Å². The summed E-state index contributed by atoms with van der Waals surface area (Å²) in [5, 5.41) is 27.4. The number of anilines is 1. The molecule has 0 aliphatic rings. The van der Waals surface area contributed by atoms with Crippen molar-refractivity contribution in [1.29, 1.82) is 0 Å². The first-order valence-electron chi connectivity index (χ1n) is 9.28. The largest absolute Gasteiger partial charge is 0.867 e. The summed E-state index contributed by atoms with van der Waals surface area (Å²) in [7, 11) is 0. The van der Waals surface area contributed by atoms with E-state index < -0.39 is 4.92 Å². The molecule has 0 amide bonds. The molecule has 0 bridgehead atoms. The molecular weight excluding hydrogens is 398 g/mol. The Hall–Kier alpha value is -3.58. The molecule has 0 aliphatic carbocycles. The molecule has 7 heteroatoms. The summed E-state index contributed by atoms with van der Waals surface area (Å²) in [6, 6.07) is 15.2. The Balaban J connectivity index is 2.08. The Morgan fingerprint density at radius 2 is 1.63 bits per heavy atom. The Morgan fingerprint density at radius 3 is 2.20 bits per heavy atom. The van der Waals surface area contributed by atoms with Crippen molar-refractivity contribution >= 4 is 40.0 Å². The summed E-state index contributed by atoms with van der Waals surface area (Å²) < 4.78 is 1.68. The normalized spacial score (nSPS) is 11.6. The van der Waals surface area contributed by atoms with Crippen molar-refractivity contribution in [3.63, 3.8) is 0 Å². The molecule has 1 aromatic heterocycles. The summed E-state index contributed by atoms with van der Waals surface area (Å²) in [4.78, 5) is 10.7. The predicted molar refractivity (Wildman–Crippen MR) is 120 cm³/mol. The maximum atomic E-state index is 13.3. The molecule has 6 nitrogen and oxygen atoms in total. The van der Waals surface area contributed by atoms with E-state index >= 15 is 0 Å². The number of nitro groups is 1. The number of hydrogen-bond donors (Lipinski definition) is 1. The number of aryl methyl sites for hydroxylation is 3. The third-order valence-electron chi connectivity index (χ3n) is 4.46. The van der Waals surface area contributed by atoms with Crippen LogP contribution in [-0.2, 0) is 0 Å². The van der Waals surface area contributed by atoms with Gasteiger partial charge in [-0.3, -0.25) is 10.1 Å². The Morgan fingerprint density at radius 1 is 1.00 bits per heavy atom. The van der Waals surface area contributed by atoms with E-state index in [9.17, 15) is 15.2 Å².